The maximum atomic E-state index is 5.44. The van der Waals surface area contributed by atoms with Crippen molar-refractivity contribution in [2.75, 3.05) is 0 Å². The topological polar surface area (TPSA) is 25.8 Å². The molecule has 10 rings (SSSR count). The van der Waals surface area contributed by atoms with E-state index in [0.717, 1.165) is 39.1 Å². The molecule has 0 spiro atoms. The zero-order valence-corrected chi connectivity index (χ0v) is 28.6. The van der Waals surface area contributed by atoms with Crippen LogP contribution in [0.15, 0.2) is 170 Å². The Morgan fingerprint density at radius 1 is 0.373 bits per heavy atom. The molecule has 0 saturated heterocycles. The Labute approximate surface area is 297 Å². The second-order valence-corrected chi connectivity index (χ2v) is 14.1. The molecule has 0 saturated carbocycles. The third-order valence-corrected chi connectivity index (χ3v) is 10.9. The van der Waals surface area contributed by atoms with Gasteiger partial charge in [-0.25, -0.2) is 9.97 Å². The molecule has 0 N–H and O–H groups in total. The summed E-state index contributed by atoms with van der Waals surface area (Å²) in [4.78, 5) is 10.7. The molecule has 1 aliphatic rings. The van der Waals surface area contributed by atoms with Gasteiger partial charge in [-0.15, -0.1) is 0 Å². The van der Waals surface area contributed by atoms with Crippen molar-refractivity contribution in [1.29, 1.82) is 0 Å². The van der Waals surface area contributed by atoms with Gasteiger partial charge >= 0.3 is 0 Å². The van der Waals surface area contributed by atoms with Crippen molar-refractivity contribution in [2.45, 2.75) is 19.3 Å². The largest absolute Gasteiger partial charge is 0.228 e. The Bertz CT molecular complexity index is 2760. The maximum Gasteiger partial charge on any atom is 0.160 e. The van der Waals surface area contributed by atoms with Crippen LogP contribution in [0.1, 0.15) is 25.0 Å². The molecule has 0 radical (unpaired) electrons. The molecule has 240 valence electrons. The van der Waals surface area contributed by atoms with E-state index in [1.54, 1.807) is 0 Å². The standard InChI is InChI=1S/C49H34N2/c1-49(2)41-26-14-13-24-39(41)45-34(25-15-27-42(45)49)33-28-29-40-43(30-33)50-48(32-18-7-4-8-19-32)51-47(40)46-37-22-11-9-20-35(37)44(31-16-5-3-6-17-31)36-21-10-12-23-38(36)46/h3-30H,1-2H3. The number of rotatable bonds is 4. The molecule has 0 atom stereocenters. The Hall–Kier alpha value is -6.38. The lowest BCUT2D eigenvalue weighted by Gasteiger charge is -2.21. The first-order valence-electron chi connectivity index (χ1n) is 17.7. The number of aromatic nitrogens is 2. The molecule has 0 fully saturated rings. The van der Waals surface area contributed by atoms with Crippen LogP contribution in [0.2, 0.25) is 0 Å². The van der Waals surface area contributed by atoms with Gasteiger partial charge in [0.25, 0.3) is 0 Å². The molecule has 0 bridgehead atoms. The highest BCUT2D eigenvalue weighted by Gasteiger charge is 2.36. The molecular weight excluding hydrogens is 617 g/mol. The third kappa shape index (κ3) is 4.50. The van der Waals surface area contributed by atoms with Crippen molar-refractivity contribution >= 4 is 32.4 Å². The zero-order chi connectivity index (χ0) is 34.1. The first-order chi connectivity index (χ1) is 25.1. The van der Waals surface area contributed by atoms with Crippen LogP contribution in [0.3, 0.4) is 0 Å². The zero-order valence-electron chi connectivity index (χ0n) is 28.6. The van der Waals surface area contributed by atoms with Crippen LogP contribution in [0.25, 0.3) is 88.5 Å². The maximum absolute atomic E-state index is 5.44. The van der Waals surface area contributed by atoms with Gasteiger partial charge in [-0.3, -0.25) is 0 Å². The highest BCUT2D eigenvalue weighted by Crippen LogP contribution is 2.52. The highest BCUT2D eigenvalue weighted by atomic mass is 14.9. The van der Waals surface area contributed by atoms with E-state index in [9.17, 15) is 0 Å². The lowest BCUT2D eigenvalue weighted by molar-refractivity contribution is 0.660. The number of nitrogens with zero attached hydrogens (tertiary/aromatic N) is 2. The van der Waals surface area contributed by atoms with Gasteiger partial charge in [-0.2, -0.15) is 0 Å². The van der Waals surface area contributed by atoms with Crippen LogP contribution in [0, 0.1) is 0 Å². The van der Waals surface area contributed by atoms with Crippen LogP contribution in [0.5, 0.6) is 0 Å². The van der Waals surface area contributed by atoms with Gasteiger partial charge in [0.05, 0.1) is 11.2 Å². The average Bonchev–Trinajstić information content (AvgIpc) is 3.43. The number of fused-ring (bicyclic) bond motifs is 6. The van der Waals surface area contributed by atoms with Crippen molar-refractivity contribution in [3.05, 3.63) is 181 Å². The Morgan fingerprint density at radius 2 is 0.922 bits per heavy atom. The summed E-state index contributed by atoms with van der Waals surface area (Å²) < 4.78 is 0. The molecule has 0 unspecified atom stereocenters. The van der Waals surface area contributed by atoms with E-state index in [1.165, 1.54) is 60.5 Å². The average molecular weight is 651 g/mol. The molecule has 1 aromatic heterocycles. The molecule has 0 amide bonds. The minimum Gasteiger partial charge on any atom is -0.228 e. The minimum atomic E-state index is -0.0668. The summed E-state index contributed by atoms with van der Waals surface area (Å²) in [6, 6.07) is 61.1. The molecule has 1 heterocycles. The first-order valence-corrected chi connectivity index (χ1v) is 17.7. The molecule has 0 aliphatic heterocycles. The van der Waals surface area contributed by atoms with E-state index in [1.807, 2.05) is 6.07 Å². The fourth-order valence-corrected chi connectivity index (χ4v) is 8.50. The monoisotopic (exact) mass is 650 g/mol. The van der Waals surface area contributed by atoms with Gasteiger partial charge in [0, 0.05) is 21.9 Å². The van der Waals surface area contributed by atoms with Gasteiger partial charge < -0.3 is 0 Å². The third-order valence-electron chi connectivity index (χ3n) is 10.9. The summed E-state index contributed by atoms with van der Waals surface area (Å²) in [7, 11) is 0. The van der Waals surface area contributed by atoms with Crippen LogP contribution in [0.4, 0.5) is 0 Å². The fourth-order valence-electron chi connectivity index (χ4n) is 8.50. The van der Waals surface area contributed by atoms with Crippen molar-refractivity contribution in [2.24, 2.45) is 0 Å². The smallest absolute Gasteiger partial charge is 0.160 e. The van der Waals surface area contributed by atoms with Crippen molar-refractivity contribution in [3.8, 4) is 56.0 Å². The van der Waals surface area contributed by atoms with E-state index in [0.29, 0.717) is 0 Å². The predicted molar refractivity (Wildman–Crippen MR) is 214 cm³/mol. The SMILES string of the molecule is CC1(C)c2ccccc2-c2c(-c3ccc4c(-c5c6ccccc6c(-c6ccccc6)c6ccccc56)nc(-c5ccccc5)nc4c3)cccc21. The molecular formula is C49H34N2. The lowest BCUT2D eigenvalue weighted by atomic mass is 9.82. The van der Waals surface area contributed by atoms with E-state index < -0.39 is 0 Å². The van der Waals surface area contributed by atoms with Gasteiger partial charge in [-0.05, 0) is 78.2 Å². The number of hydrogen-bond donors (Lipinski definition) is 0. The molecule has 1 aliphatic carbocycles. The molecule has 2 nitrogen and oxygen atoms in total. The van der Waals surface area contributed by atoms with Crippen LogP contribution in [-0.4, -0.2) is 9.97 Å². The first kappa shape index (κ1) is 29.5. The van der Waals surface area contributed by atoms with E-state index >= 15 is 0 Å². The van der Waals surface area contributed by atoms with Crippen molar-refractivity contribution < 1.29 is 0 Å². The van der Waals surface area contributed by atoms with Crippen molar-refractivity contribution in [3.63, 3.8) is 0 Å². The lowest BCUT2D eigenvalue weighted by Crippen LogP contribution is -2.14. The minimum absolute atomic E-state index is 0.0668. The van der Waals surface area contributed by atoms with Crippen LogP contribution in [-0.2, 0) is 5.41 Å². The van der Waals surface area contributed by atoms with Crippen LogP contribution >= 0.6 is 0 Å². The van der Waals surface area contributed by atoms with Gasteiger partial charge in [0.15, 0.2) is 5.82 Å². The van der Waals surface area contributed by atoms with E-state index in [-0.39, 0.29) is 5.41 Å². The second kappa shape index (κ2) is 11.3. The fraction of sp³-hybridized carbons (Fsp3) is 0.0612. The summed E-state index contributed by atoms with van der Waals surface area (Å²) in [6.45, 7) is 4.68. The molecule has 2 heteroatoms. The second-order valence-electron chi connectivity index (χ2n) is 14.1. The summed E-state index contributed by atoms with van der Waals surface area (Å²) >= 11 is 0. The van der Waals surface area contributed by atoms with Crippen LogP contribution < -0.4 is 0 Å². The van der Waals surface area contributed by atoms with Gasteiger partial charge in [0.2, 0.25) is 0 Å². The Balaban J connectivity index is 1.28. The van der Waals surface area contributed by atoms with E-state index in [4.69, 9.17) is 9.97 Å². The Morgan fingerprint density at radius 3 is 1.61 bits per heavy atom. The number of benzene rings is 8. The molecule has 9 aromatic rings. The van der Waals surface area contributed by atoms with E-state index in [2.05, 4.69) is 178 Å². The van der Waals surface area contributed by atoms with Gasteiger partial charge in [-0.1, -0.05) is 172 Å². The Kier molecular flexibility index (Phi) is 6.56. The molecule has 8 aromatic carbocycles. The summed E-state index contributed by atoms with van der Waals surface area (Å²) in [5.41, 5.74) is 14.2. The quantitative estimate of drug-likeness (QED) is 0.177. The predicted octanol–water partition coefficient (Wildman–Crippen LogP) is 12.9. The summed E-state index contributed by atoms with van der Waals surface area (Å²) in [6.07, 6.45) is 0. The van der Waals surface area contributed by atoms with Gasteiger partial charge in [0.1, 0.15) is 0 Å². The normalized spacial score (nSPS) is 13.1. The highest BCUT2D eigenvalue weighted by molar-refractivity contribution is 6.23. The van der Waals surface area contributed by atoms with Crippen molar-refractivity contribution in [1.82, 2.24) is 9.97 Å². The molecule has 51 heavy (non-hydrogen) atoms. The number of hydrogen-bond acceptors (Lipinski definition) is 2. The summed E-state index contributed by atoms with van der Waals surface area (Å²) in [5.74, 6) is 0.723. The summed E-state index contributed by atoms with van der Waals surface area (Å²) in [5, 5.41) is 5.82.